The molecule has 0 spiro atoms. The number of aromatic nitrogens is 1. The first kappa shape index (κ1) is 14.8. The molecule has 1 aromatic rings. The molecule has 0 bridgehead atoms. The zero-order chi connectivity index (χ0) is 13.7. The van der Waals surface area contributed by atoms with Crippen LogP contribution in [-0.4, -0.2) is 24.7 Å². The fourth-order valence-electron chi connectivity index (χ4n) is 1.45. The molecule has 0 N–H and O–H groups in total. The summed E-state index contributed by atoms with van der Waals surface area (Å²) >= 11 is 3.02. The molecule has 0 saturated carbocycles. The molecule has 1 rings (SSSR count). The molecule has 1 aromatic heterocycles. The number of alkyl halides is 2. The third kappa shape index (κ3) is 3.63. The number of methoxy groups -OCH3 is 1. The van der Waals surface area contributed by atoms with Crippen LogP contribution in [0.25, 0.3) is 0 Å². The van der Waals surface area contributed by atoms with Crippen molar-refractivity contribution in [2.45, 2.75) is 19.8 Å². The topological polar surface area (TPSA) is 48.4 Å². The number of esters is 1. The number of hydrogen-bond acceptors (Lipinski definition) is 4. The van der Waals surface area contributed by atoms with Crippen molar-refractivity contribution in [1.82, 2.24) is 4.98 Å². The highest BCUT2D eigenvalue weighted by Crippen LogP contribution is 2.32. The quantitative estimate of drug-likeness (QED) is 0.617. The van der Waals surface area contributed by atoms with Crippen LogP contribution in [0.2, 0.25) is 0 Å². The molecule has 7 heteroatoms. The van der Waals surface area contributed by atoms with Crippen LogP contribution < -0.4 is 4.74 Å². The fourth-order valence-corrected chi connectivity index (χ4v) is 1.92. The normalized spacial score (nSPS) is 10.6. The maximum absolute atomic E-state index is 12.8. The summed E-state index contributed by atoms with van der Waals surface area (Å²) in [5, 5.41) is 0. The van der Waals surface area contributed by atoms with E-state index < -0.39 is 18.1 Å². The van der Waals surface area contributed by atoms with Gasteiger partial charge in [0, 0.05) is 5.56 Å². The lowest BCUT2D eigenvalue weighted by Crippen LogP contribution is -2.10. The summed E-state index contributed by atoms with van der Waals surface area (Å²) in [6.45, 7) is 1.90. The molecule has 0 aliphatic heterocycles. The van der Waals surface area contributed by atoms with Gasteiger partial charge in [-0.3, -0.25) is 4.79 Å². The average Bonchev–Trinajstić information content (AvgIpc) is 2.28. The molecule has 4 nitrogen and oxygen atoms in total. The van der Waals surface area contributed by atoms with Crippen molar-refractivity contribution in [3.63, 3.8) is 0 Å². The zero-order valence-electron chi connectivity index (χ0n) is 9.87. The zero-order valence-corrected chi connectivity index (χ0v) is 11.5. The van der Waals surface area contributed by atoms with E-state index >= 15 is 0 Å². The summed E-state index contributed by atoms with van der Waals surface area (Å²) in [4.78, 5) is 15.0. The maximum atomic E-state index is 12.8. The molecule has 0 unspecified atom stereocenters. The molecular formula is C11H12BrF2NO3. The minimum absolute atomic E-state index is 0.0822. The SMILES string of the molecule is CCOC(=O)Cc1cc(Br)nc(C(F)F)c1OC. The van der Waals surface area contributed by atoms with Crippen molar-refractivity contribution in [3.05, 3.63) is 21.9 Å². The number of rotatable bonds is 5. The van der Waals surface area contributed by atoms with Gasteiger partial charge < -0.3 is 9.47 Å². The molecule has 0 amide bonds. The van der Waals surface area contributed by atoms with E-state index in [0.717, 1.165) is 0 Å². The van der Waals surface area contributed by atoms with E-state index in [2.05, 4.69) is 20.9 Å². The van der Waals surface area contributed by atoms with Gasteiger partial charge in [0.15, 0.2) is 0 Å². The summed E-state index contributed by atoms with van der Waals surface area (Å²) in [6.07, 6.45) is -2.92. The third-order valence-electron chi connectivity index (χ3n) is 2.10. The second kappa shape index (κ2) is 6.63. The number of nitrogens with zero attached hydrogens (tertiary/aromatic N) is 1. The van der Waals surface area contributed by atoms with Crippen molar-refractivity contribution in [2.24, 2.45) is 0 Å². The van der Waals surface area contributed by atoms with Crippen LogP contribution in [0.5, 0.6) is 5.75 Å². The molecule has 18 heavy (non-hydrogen) atoms. The van der Waals surface area contributed by atoms with Gasteiger partial charge in [-0.15, -0.1) is 0 Å². The molecule has 0 fully saturated rings. The second-order valence-electron chi connectivity index (χ2n) is 3.31. The van der Waals surface area contributed by atoms with E-state index in [-0.39, 0.29) is 23.4 Å². The lowest BCUT2D eigenvalue weighted by molar-refractivity contribution is -0.142. The van der Waals surface area contributed by atoms with Gasteiger partial charge in [0.1, 0.15) is 16.0 Å². The largest absolute Gasteiger partial charge is 0.494 e. The number of ether oxygens (including phenoxy) is 2. The first-order chi connectivity index (χ1) is 8.49. The number of hydrogen-bond donors (Lipinski definition) is 0. The van der Waals surface area contributed by atoms with E-state index in [1.54, 1.807) is 6.92 Å². The Hall–Kier alpha value is -1.24. The van der Waals surface area contributed by atoms with Gasteiger partial charge in [-0.05, 0) is 28.9 Å². The summed E-state index contributed by atoms with van der Waals surface area (Å²) in [6, 6.07) is 1.46. The Bertz CT molecular complexity index is 441. The number of carbonyl (C=O) groups is 1. The van der Waals surface area contributed by atoms with Gasteiger partial charge in [0.2, 0.25) is 0 Å². The predicted molar refractivity (Wildman–Crippen MR) is 63.8 cm³/mol. The van der Waals surface area contributed by atoms with Crippen LogP contribution in [-0.2, 0) is 16.0 Å². The Morgan fingerprint density at radius 1 is 1.56 bits per heavy atom. The molecule has 0 aliphatic rings. The van der Waals surface area contributed by atoms with Crippen LogP contribution >= 0.6 is 15.9 Å². The molecule has 0 aliphatic carbocycles. The third-order valence-corrected chi connectivity index (χ3v) is 2.50. The van der Waals surface area contributed by atoms with Crippen LogP contribution in [0.3, 0.4) is 0 Å². The minimum Gasteiger partial charge on any atom is -0.494 e. The van der Waals surface area contributed by atoms with Crippen molar-refractivity contribution in [2.75, 3.05) is 13.7 Å². The fraction of sp³-hybridized carbons (Fsp3) is 0.455. The first-order valence-corrected chi connectivity index (χ1v) is 5.96. The number of carbonyl (C=O) groups excluding carboxylic acids is 1. The average molecular weight is 324 g/mol. The molecule has 0 aromatic carbocycles. The van der Waals surface area contributed by atoms with E-state index in [9.17, 15) is 13.6 Å². The predicted octanol–water partition coefficient (Wildman–Crippen LogP) is 2.90. The smallest absolute Gasteiger partial charge is 0.310 e. The number of pyridine rings is 1. The monoisotopic (exact) mass is 323 g/mol. The summed E-state index contributed by atoms with van der Waals surface area (Å²) in [5.41, 5.74) is -0.181. The van der Waals surface area contributed by atoms with Gasteiger partial charge in [0.05, 0.1) is 20.1 Å². The van der Waals surface area contributed by atoms with Crippen LogP contribution in [0.15, 0.2) is 10.7 Å². The Labute approximate surface area is 111 Å². The Morgan fingerprint density at radius 3 is 2.72 bits per heavy atom. The van der Waals surface area contributed by atoms with Crippen molar-refractivity contribution in [3.8, 4) is 5.75 Å². The number of halogens is 3. The van der Waals surface area contributed by atoms with Crippen molar-refractivity contribution >= 4 is 21.9 Å². The van der Waals surface area contributed by atoms with E-state index in [1.807, 2.05) is 0 Å². The molecular weight excluding hydrogens is 312 g/mol. The summed E-state index contributed by atoms with van der Waals surface area (Å²) in [7, 11) is 1.26. The van der Waals surface area contributed by atoms with Crippen LogP contribution in [0.1, 0.15) is 24.6 Å². The standard InChI is InChI=1S/C11H12BrF2NO3/c1-3-18-8(16)5-6-4-7(12)15-9(11(13)14)10(6)17-2/h4,11H,3,5H2,1-2H3. The van der Waals surface area contributed by atoms with Crippen molar-refractivity contribution < 1.29 is 23.0 Å². The summed E-state index contributed by atoms with van der Waals surface area (Å²) < 4.78 is 35.4. The van der Waals surface area contributed by atoms with Gasteiger partial charge in [-0.1, -0.05) is 0 Å². The Balaban J connectivity index is 3.13. The first-order valence-electron chi connectivity index (χ1n) is 5.16. The van der Waals surface area contributed by atoms with Crippen molar-refractivity contribution in [1.29, 1.82) is 0 Å². The molecule has 1 heterocycles. The molecule has 0 atom stereocenters. The lowest BCUT2D eigenvalue weighted by atomic mass is 10.1. The molecule has 100 valence electrons. The van der Waals surface area contributed by atoms with Gasteiger partial charge in [-0.2, -0.15) is 0 Å². The maximum Gasteiger partial charge on any atom is 0.310 e. The van der Waals surface area contributed by atoms with E-state index in [1.165, 1.54) is 13.2 Å². The highest BCUT2D eigenvalue weighted by Gasteiger charge is 2.22. The highest BCUT2D eigenvalue weighted by atomic mass is 79.9. The lowest BCUT2D eigenvalue weighted by Gasteiger charge is -2.12. The van der Waals surface area contributed by atoms with Crippen LogP contribution in [0.4, 0.5) is 8.78 Å². The van der Waals surface area contributed by atoms with Gasteiger partial charge in [0.25, 0.3) is 6.43 Å². The Kier molecular flexibility index (Phi) is 5.46. The van der Waals surface area contributed by atoms with Gasteiger partial charge in [-0.25, -0.2) is 13.8 Å². The summed E-state index contributed by atoms with van der Waals surface area (Å²) in [5.74, 6) is -0.588. The van der Waals surface area contributed by atoms with E-state index in [4.69, 9.17) is 9.47 Å². The second-order valence-corrected chi connectivity index (χ2v) is 4.12. The van der Waals surface area contributed by atoms with Crippen LogP contribution in [0, 0.1) is 0 Å². The molecule has 0 saturated heterocycles. The Morgan fingerprint density at radius 2 is 2.22 bits per heavy atom. The minimum atomic E-state index is -2.78. The highest BCUT2D eigenvalue weighted by molar-refractivity contribution is 9.10. The molecule has 0 radical (unpaired) electrons. The van der Waals surface area contributed by atoms with Gasteiger partial charge >= 0.3 is 5.97 Å². The van der Waals surface area contributed by atoms with E-state index in [0.29, 0.717) is 5.56 Å².